The van der Waals surface area contributed by atoms with Crippen molar-refractivity contribution in [3.05, 3.63) is 56.8 Å². The molecule has 0 saturated heterocycles. The zero-order valence-corrected chi connectivity index (χ0v) is 17.0. The molecule has 0 unspecified atom stereocenters. The van der Waals surface area contributed by atoms with Gasteiger partial charge in [-0.05, 0) is 30.3 Å². The predicted octanol–water partition coefficient (Wildman–Crippen LogP) is 5.50. The minimum atomic E-state index is -0.320. The summed E-state index contributed by atoms with van der Waals surface area (Å²) in [5.41, 5.74) is 1.88. The summed E-state index contributed by atoms with van der Waals surface area (Å²) in [5.74, 6) is 1.01. The molecule has 0 aliphatic rings. The van der Waals surface area contributed by atoms with Crippen LogP contribution in [0.5, 0.6) is 11.5 Å². The fraction of sp³-hybridized carbons (Fsp3) is 0.111. The van der Waals surface area contributed by atoms with Gasteiger partial charge in [0.25, 0.3) is 5.91 Å². The first kappa shape index (κ1) is 18.7. The number of aromatic nitrogens is 1. The lowest BCUT2D eigenvalue weighted by molar-refractivity contribution is 0.102. The molecule has 1 heterocycles. The van der Waals surface area contributed by atoms with Crippen LogP contribution in [-0.4, -0.2) is 25.1 Å². The Morgan fingerprint density at radius 3 is 2.73 bits per heavy atom. The Bertz CT molecular complexity index is 961. The number of benzene rings is 2. The molecule has 1 N–H and O–H groups in total. The minimum absolute atomic E-state index is 0.320. The summed E-state index contributed by atoms with van der Waals surface area (Å²) in [5, 5.41) is 5.47. The maximum Gasteiger partial charge on any atom is 0.258 e. The zero-order valence-electron chi connectivity index (χ0n) is 13.9. The van der Waals surface area contributed by atoms with Crippen molar-refractivity contribution in [3.8, 4) is 22.8 Å². The van der Waals surface area contributed by atoms with Gasteiger partial charge in [0.2, 0.25) is 0 Å². The van der Waals surface area contributed by atoms with Crippen LogP contribution in [0.25, 0.3) is 11.3 Å². The molecule has 0 fully saturated rings. The molecular weight excluding hydrogens is 440 g/mol. The zero-order chi connectivity index (χ0) is 18.7. The van der Waals surface area contributed by atoms with Gasteiger partial charge in [-0.25, -0.2) is 4.98 Å². The number of hydrogen-bond donors (Lipinski definition) is 1. The van der Waals surface area contributed by atoms with Crippen molar-refractivity contribution < 1.29 is 14.3 Å². The number of nitrogens with one attached hydrogen (secondary N) is 1. The molecule has 0 aliphatic heterocycles. The molecule has 8 heteroatoms. The Labute approximate surface area is 168 Å². The Balaban J connectivity index is 1.84. The van der Waals surface area contributed by atoms with Crippen LogP contribution >= 0.6 is 38.9 Å². The van der Waals surface area contributed by atoms with Gasteiger partial charge in [-0.1, -0.05) is 27.5 Å². The normalized spacial score (nSPS) is 10.5. The van der Waals surface area contributed by atoms with Gasteiger partial charge < -0.3 is 9.47 Å². The maximum absolute atomic E-state index is 12.4. The molecule has 0 spiro atoms. The highest BCUT2D eigenvalue weighted by Crippen LogP contribution is 2.35. The Hall–Kier alpha value is -2.09. The SMILES string of the molecule is COc1ccc(-c2csc(NC(=O)c3cc(Br)ccc3Cl)n2)c(OC)c1. The molecule has 5 nitrogen and oxygen atoms in total. The number of rotatable bonds is 5. The number of ether oxygens (including phenoxy) is 2. The average molecular weight is 454 g/mol. The van der Waals surface area contributed by atoms with Gasteiger partial charge in [0, 0.05) is 21.5 Å². The molecular formula is C18H14BrClN2O3S. The summed E-state index contributed by atoms with van der Waals surface area (Å²) < 4.78 is 11.4. The number of amides is 1. The summed E-state index contributed by atoms with van der Waals surface area (Å²) in [6.07, 6.45) is 0. The van der Waals surface area contributed by atoms with E-state index in [1.807, 2.05) is 17.5 Å². The van der Waals surface area contributed by atoms with Gasteiger partial charge in [0.05, 0.1) is 30.5 Å². The van der Waals surface area contributed by atoms with Crippen molar-refractivity contribution in [1.82, 2.24) is 4.98 Å². The molecule has 0 aliphatic carbocycles. The van der Waals surface area contributed by atoms with Crippen LogP contribution < -0.4 is 14.8 Å². The van der Waals surface area contributed by atoms with Gasteiger partial charge in [0.15, 0.2) is 5.13 Å². The summed E-state index contributed by atoms with van der Waals surface area (Å²) >= 11 is 10.8. The third-order valence-electron chi connectivity index (χ3n) is 3.58. The van der Waals surface area contributed by atoms with Crippen LogP contribution in [0.1, 0.15) is 10.4 Å². The standard InChI is InChI=1S/C18H14BrClN2O3S/c1-24-11-4-5-12(16(8-11)25-2)15-9-26-18(21-15)22-17(23)13-7-10(19)3-6-14(13)20/h3-9H,1-2H3,(H,21,22,23). The monoisotopic (exact) mass is 452 g/mol. The van der Waals surface area contributed by atoms with Crippen LogP contribution in [0, 0.1) is 0 Å². The summed E-state index contributed by atoms with van der Waals surface area (Å²) in [6, 6.07) is 10.6. The number of nitrogens with zero attached hydrogens (tertiary/aromatic N) is 1. The lowest BCUT2D eigenvalue weighted by Gasteiger charge is -2.08. The second-order valence-corrected chi connectivity index (χ2v) is 7.36. The van der Waals surface area contributed by atoms with E-state index in [1.165, 1.54) is 11.3 Å². The van der Waals surface area contributed by atoms with E-state index in [0.717, 1.165) is 10.0 Å². The third-order valence-corrected chi connectivity index (χ3v) is 5.16. The van der Waals surface area contributed by atoms with Gasteiger partial charge >= 0.3 is 0 Å². The molecule has 0 atom stereocenters. The van der Waals surface area contributed by atoms with E-state index in [2.05, 4.69) is 26.2 Å². The fourth-order valence-corrected chi connectivity index (χ4v) is 3.57. The Morgan fingerprint density at radius 2 is 2.00 bits per heavy atom. The highest BCUT2D eigenvalue weighted by Gasteiger charge is 2.15. The highest BCUT2D eigenvalue weighted by atomic mass is 79.9. The lowest BCUT2D eigenvalue weighted by Crippen LogP contribution is -2.12. The summed E-state index contributed by atoms with van der Waals surface area (Å²) in [7, 11) is 3.18. The van der Waals surface area contributed by atoms with Gasteiger partial charge in [0.1, 0.15) is 11.5 Å². The number of halogens is 2. The molecule has 0 bridgehead atoms. The van der Waals surface area contributed by atoms with Crippen LogP contribution in [-0.2, 0) is 0 Å². The first-order valence-electron chi connectivity index (χ1n) is 7.46. The topological polar surface area (TPSA) is 60.5 Å². The fourth-order valence-electron chi connectivity index (χ4n) is 2.30. The third kappa shape index (κ3) is 4.00. The molecule has 0 saturated carbocycles. The van der Waals surface area contributed by atoms with Gasteiger partial charge in [-0.15, -0.1) is 11.3 Å². The van der Waals surface area contributed by atoms with E-state index in [1.54, 1.807) is 38.5 Å². The van der Waals surface area contributed by atoms with Crippen molar-refractivity contribution in [2.45, 2.75) is 0 Å². The van der Waals surface area contributed by atoms with Crippen molar-refractivity contribution in [2.75, 3.05) is 19.5 Å². The lowest BCUT2D eigenvalue weighted by atomic mass is 10.1. The van der Waals surface area contributed by atoms with Crippen molar-refractivity contribution >= 4 is 49.9 Å². The van der Waals surface area contributed by atoms with Crippen molar-refractivity contribution in [1.29, 1.82) is 0 Å². The van der Waals surface area contributed by atoms with E-state index in [0.29, 0.717) is 32.9 Å². The smallest absolute Gasteiger partial charge is 0.258 e. The second-order valence-electron chi connectivity index (χ2n) is 5.18. The molecule has 1 aromatic heterocycles. The molecule has 0 radical (unpaired) electrons. The Morgan fingerprint density at radius 1 is 1.19 bits per heavy atom. The first-order valence-corrected chi connectivity index (χ1v) is 9.51. The molecule has 2 aromatic carbocycles. The van der Waals surface area contributed by atoms with E-state index in [9.17, 15) is 4.79 Å². The van der Waals surface area contributed by atoms with Crippen molar-refractivity contribution in [2.24, 2.45) is 0 Å². The van der Waals surface area contributed by atoms with Crippen LogP contribution in [0.15, 0.2) is 46.3 Å². The predicted molar refractivity (Wildman–Crippen MR) is 108 cm³/mol. The molecule has 134 valence electrons. The van der Waals surface area contributed by atoms with E-state index in [4.69, 9.17) is 21.1 Å². The first-order chi connectivity index (χ1) is 12.5. The number of carbonyl (C=O) groups is 1. The summed E-state index contributed by atoms with van der Waals surface area (Å²) in [4.78, 5) is 16.9. The van der Waals surface area contributed by atoms with Gasteiger partial charge in [-0.3, -0.25) is 10.1 Å². The van der Waals surface area contributed by atoms with Crippen molar-refractivity contribution in [3.63, 3.8) is 0 Å². The second kappa shape index (κ2) is 8.07. The van der Waals surface area contributed by atoms with E-state index >= 15 is 0 Å². The summed E-state index contributed by atoms with van der Waals surface area (Å²) in [6.45, 7) is 0. The number of thiazole rings is 1. The number of anilines is 1. The van der Waals surface area contributed by atoms with E-state index in [-0.39, 0.29) is 5.91 Å². The number of hydrogen-bond acceptors (Lipinski definition) is 5. The molecule has 26 heavy (non-hydrogen) atoms. The average Bonchev–Trinajstić information content (AvgIpc) is 3.11. The molecule has 1 amide bonds. The number of carbonyl (C=O) groups excluding carboxylic acids is 1. The highest BCUT2D eigenvalue weighted by molar-refractivity contribution is 9.10. The number of methoxy groups -OCH3 is 2. The Kier molecular flexibility index (Phi) is 5.80. The quantitative estimate of drug-likeness (QED) is 0.554. The largest absolute Gasteiger partial charge is 0.497 e. The van der Waals surface area contributed by atoms with E-state index < -0.39 is 0 Å². The molecule has 3 rings (SSSR count). The minimum Gasteiger partial charge on any atom is -0.497 e. The maximum atomic E-state index is 12.4. The van der Waals surface area contributed by atoms with Gasteiger partial charge in [-0.2, -0.15) is 0 Å². The van der Waals surface area contributed by atoms with Crippen LogP contribution in [0.4, 0.5) is 5.13 Å². The van der Waals surface area contributed by atoms with Crippen LogP contribution in [0.2, 0.25) is 5.02 Å². The molecule has 3 aromatic rings. The van der Waals surface area contributed by atoms with Crippen LogP contribution in [0.3, 0.4) is 0 Å².